The van der Waals surface area contributed by atoms with E-state index in [9.17, 15) is 9.67 Å². The first kappa shape index (κ1) is 24.0. The average Bonchev–Trinajstić information content (AvgIpc) is 3.37. The van der Waals surface area contributed by atoms with Gasteiger partial charge in [0.15, 0.2) is 5.65 Å². The second-order valence-electron chi connectivity index (χ2n) is 8.04. The van der Waals surface area contributed by atoms with Crippen LogP contribution in [0.5, 0.6) is 0 Å². The summed E-state index contributed by atoms with van der Waals surface area (Å²) in [4.78, 5) is 12.4. The molecule has 0 radical (unpaired) electrons. The van der Waals surface area contributed by atoms with E-state index in [1.165, 1.54) is 6.33 Å². The zero-order valence-electron chi connectivity index (χ0n) is 17.9. The summed E-state index contributed by atoms with van der Waals surface area (Å²) in [6.45, 7) is 0.270. The topological polar surface area (TPSA) is 144 Å². The summed E-state index contributed by atoms with van der Waals surface area (Å²) in [6, 6.07) is 7.22. The number of aliphatic hydroxyl groups is 1. The van der Waals surface area contributed by atoms with E-state index in [0.717, 1.165) is 5.56 Å². The summed E-state index contributed by atoms with van der Waals surface area (Å²) in [5.74, 6) is 0.0611. The van der Waals surface area contributed by atoms with Gasteiger partial charge in [-0.05, 0) is 17.7 Å². The highest BCUT2D eigenvalue weighted by atomic mass is 35.5. The summed E-state index contributed by atoms with van der Waals surface area (Å²) in [6.07, 6.45) is -0.299. The number of fused-ring (bicyclic) bond motifs is 1. The van der Waals surface area contributed by atoms with Crippen LogP contribution in [0.2, 0.25) is 5.02 Å². The Labute approximate surface area is 205 Å². The van der Waals surface area contributed by atoms with E-state index < -0.39 is 32.1 Å². The van der Waals surface area contributed by atoms with Crippen molar-refractivity contribution in [2.24, 2.45) is 0 Å². The number of thiol groups is 1. The molecule has 3 aromatic rings. The lowest BCUT2D eigenvalue weighted by Crippen LogP contribution is -2.27. The molecule has 2 saturated heterocycles. The van der Waals surface area contributed by atoms with Crippen LogP contribution >= 0.6 is 31.8 Å². The first-order chi connectivity index (χ1) is 16.3. The van der Waals surface area contributed by atoms with Crippen LogP contribution in [0, 0.1) is 0 Å². The lowest BCUT2D eigenvalue weighted by atomic mass is 10.1. The molecule has 4 heterocycles. The zero-order valence-corrected chi connectivity index (χ0v) is 20.4. The fourth-order valence-electron chi connectivity index (χ4n) is 4.02. The number of rotatable bonds is 6. The van der Waals surface area contributed by atoms with Gasteiger partial charge in [0.05, 0.1) is 31.7 Å². The minimum Gasteiger partial charge on any atom is -0.390 e. The number of aliphatic hydroxyl groups excluding tert-OH is 1. The van der Waals surface area contributed by atoms with Crippen LogP contribution in [0.4, 0.5) is 5.95 Å². The molecular weight excluding hydrogens is 505 g/mol. The largest absolute Gasteiger partial charge is 0.390 e. The molecule has 2 fully saturated rings. The van der Waals surface area contributed by atoms with Crippen LogP contribution in [0.15, 0.2) is 35.6 Å². The molecule has 34 heavy (non-hydrogen) atoms. The molecule has 1 aromatic carbocycles. The lowest BCUT2D eigenvalue weighted by Gasteiger charge is -2.30. The number of halogens is 1. The highest BCUT2D eigenvalue weighted by Crippen LogP contribution is 2.56. The predicted octanol–water partition coefficient (Wildman–Crippen LogP) is 3.34. The van der Waals surface area contributed by atoms with Gasteiger partial charge in [0.2, 0.25) is 5.95 Å². The smallest absolute Gasteiger partial charge is 0.356 e. The number of benzene rings is 1. The second-order valence-corrected chi connectivity index (χ2v) is 10.9. The van der Waals surface area contributed by atoms with E-state index in [4.69, 9.17) is 35.9 Å². The van der Waals surface area contributed by atoms with Gasteiger partial charge in [-0.2, -0.15) is 4.98 Å². The Morgan fingerprint density at radius 2 is 2.24 bits per heavy atom. The third kappa shape index (κ3) is 4.95. The van der Waals surface area contributed by atoms with Gasteiger partial charge in [-0.25, -0.2) is 9.97 Å². The number of nitrogens with two attached hydrogens (primary N) is 1. The van der Waals surface area contributed by atoms with E-state index in [-0.39, 0.29) is 31.9 Å². The minimum atomic E-state index is -3.49. The number of nitrogen functional groups attached to an aromatic ring is 1. The predicted molar refractivity (Wildman–Crippen MR) is 126 cm³/mol. The molecule has 5 rings (SSSR count). The Morgan fingerprint density at radius 1 is 1.38 bits per heavy atom. The highest BCUT2D eigenvalue weighted by Gasteiger charge is 2.38. The summed E-state index contributed by atoms with van der Waals surface area (Å²) in [7, 11) is -3.49. The van der Waals surface area contributed by atoms with Crippen molar-refractivity contribution in [2.45, 2.75) is 42.4 Å². The van der Waals surface area contributed by atoms with Gasteiger partial charge in [-0.3, -0.25) is 13.7 Å². The molecule has 3 N–H and O–H groups in total. The van der Waals surface area contributed by atoms with Crippen LogP contribution < -0.4 is 5.73 Å². The third-order valence-corrected chi connectivity index (χ3v) is 7.84. The normalized spacial score (nSPS) is 29.6. The van der Waals surface area contributed by atoms with Crippen molar-refractivity contribution in [1.29, 1.82) is 0 Å². The molecule has 0 aliphatic carbocycles. The molecule has 11 nitrogen and oxygen atoms in total. The summed E-state index contributed by atoms with van der Waals surface area (Å²) in [5.41, 5.74) is 7.49. The minimum absolute atomic E-state index is 0.00220. The molecule has 2 aliphatic rings. The van der Waals surface area contributed by atoms with Crippen molar-refractivity contribution < 1.29 is 28.2 Å². The van der Waals surface area contributed by atoms with Gasteiger partial charge in [-0.15, -0.1) is 12.6 Å². The number of hydrogen-bond acceptors (Lipinski definition) is 11. The van der Waals surface area contributed by atoms with Gasteiger partial charge in [0.1, 0.15) is 29.2 Å². The maximum absolute atomic E-state index is 13.1. The molecular formula is C20H23ClN5O6PS. The van der Waals surface area contributed by atoms with Gasteiger partial charge >= 0.3 is 7.60 Å². The lowest BCUT2D eigenvalue weighted by molar-refractivity contribution is -0.0585. The fourth-order valence-corrected chi connectivity index (χ4v) is 6.01. The van der Waals surface area contributed by atoms with Crippen LogP contribution in [0.3, 0.4) is 0 Å². The third-order valence-electron chi connectivity index (χ3n) is 5.64. The van der Waals surface area contributed by atoms with Gasteiger partial charge in [0.25, 0.3) is 0 Å². The molecule has 182 valence electrons. The number of hydrogen-bond donors (Lipinski definition) is 3. The Kier molecular flexibility index (Phi) is 6.84. The van der Waals surface area contributed by atoms with Crippen molar-refractivity contribution in [2.75, 3.05) is 25.3 Å². The number of anilines is 1. The van der Waals surface area contributed by atoms with Gasteiger partial charge in [0, 0.05) is 17.9 Å². The summed E-state index contributed by atoms with van der Waals surface area (Å²) < 4.78 is 37.5. The molecule has 0 saturated carbocycles. The van der Waals surface area contributed by atoms with Crippen LogP contribution in [0.25, 0.3) is 11.2 Å². The second kappa shape index (κ2) is 9.71. The molecule has 5 atom stereocenters. The molecule has 2 aliphatic heterocycles. The summed E-state index contributed by atoms with van der Waals surface area (Å²) in [5, 5.41) is 11.4. The van der Waals surface area contributed by atoms with E-state index in [1.807, 2.05) is 12.1 Å². The monoisotopic (exact) mass is 527 g/mol. The van der Waals surface area contributed by atoms with E-state index >= 15 is 0 Å². The van der Waals surface area contributed by atoms with Gasteiger partial charge in [-0.1, -0.05) is 23.7 Å². The molecule has 0 spiro atoms. The number of imidazole rings is 1. The standard InChI is InChI=1S/C20H23ClN5O6PS/c21-12-3-1-2-11(6-12)14-4-5-30-33(28,32-14)10-29-8-15-13(27)7-16(31-15)26-9-23-17-18(26)24-20(22)25-19(17)34/h1-3,6,9,13-16,27H,4-5,7-8,10H2,(H3,22,24,25,34)/t13-,14?,15+,16+,33?/m0/s1. The van der Waals surface area contributed by atoms with E-state index in [1.54, 1.807) is 16.7 Å². The van der Waals surface area contributed by atoms with Crippen molar-refractivity contribution in [1.82, 2.24) is 19.5 Å². The molecule has 14 heteroatoms. The van der Waals surface area contributed by atoms with E-state index in [0.29, 0.717) is 27.6 Å². The van der Waals surface area contributed by atoms with Crippen LogP contribution in [-0.2, 0) is 23.1 Å². The zero-order chi connectivity index (χ0) is 23.9. The van der Waals surface area contributed by atoms with Crippen molar-refractivity contribution in [3.63, 3.8) is 0 Å². The Hall–Kier alpha value is -1.76. The van der Waals surface area contributed by atoms with Crippen LogP contribution in [0.1, 0.15) is 30.7 Å². The molecule has 0 bridgehead atoms. The molecule has 0 amide bonds. The number of ether oxygens (including phenoxy) is 2. The maximum atomic E-state index is 13.1. The Balaban J connectivity index is 1.19. The first-order valence-corrected chi connectivity index (χ1v) is 13.1. The van der Waals surface area contributed by atoms with Crippen molar-refractivity contribution in [3.8, 4) is 0 Å². The molecule has 2 unspecified atom stereocenters. The van der Waals surface area contributed by atoms with E-state index in [2.05, 4.69) is 27.6 Å². The fraction of sp³-hybridized carbons (Fsp3) is 0.450. The Bertz CT molecular complexity index is 1250. The average molecular weight is 528 g/mol. The summed E-state index contributed by atoms with van der Waals surface area (Å²) >= 11 is 10.3. The number of nitrogens with zero attached hydrogens (tertiary/aromatic N) is 4. The van der Waals surface area contributed by atoms with Gasteiger partial charge < -0.3 is 24.8 Å². The maximum Gasteiger partial charge on any atom is 0.356 e. The first-order valence-electron chi connectivity index (χ1n) is 10.6. The molecule has 2 aromatic heterocycles. The Morgan fingerprint density at radius 3 is 3.06 bits per heavy atom. The SMILES string of the molecule is Nc1nc(S)c2ncn([C@H]3C[C@H](O)[C@@H](COCP4(=O)OCCC(c5cccc(Cl)c5)O4)O3)c2n1. The quantitative estimate of drug-likeness (QED) is 0.248. The highest BCUT2D eigenvalue weighted by molar-refractivity contribution is 7.80. The van der Waals surface area contributed by atoms with Crippen molar-refractivity contribution >= 4 is 48.9 Å². The van der Waals surface area contributed by atoms with Crippen molar-refractivity contribution in [3.05, 3.63) is 41.2 Å². The number of aromatic nitrogens is 4. The van der Waals surface area contributed by atoms with Crippen LogP contribution in [-0.4, -0.2) is 56.4 Å².